The number of carbonyl (C=O) groups is 1. The van der Waals surface area contributed by atoms with Crippen LogP contribution in [0.3, 0.4) is 0 Å². The number of amides is 1. The predicted molar refractivity (Wildman–Crippen MR) is 105 cm³/mol. The van der Waals surface area contributed by atoms with Crippen LogP contribution in [0.15, 0.2) is 59.8 Å². The second-order valence-electron chi connectivity index (χ2n) is 7.12. The summed E-state index contributed by atoms with van der Waals surface area (Å²) in [4.78, 5) is 15.2. The Kier molecular flexibility index (Phi) is 5.07. The van der Waals surface area contributed by atoms with E-state index < -0.39 is 0 Å². The molecule has 0 saturated carbocycles. The van der Waals surface area contributed by atoms with E-state index in [2.05, 4.69) is 36.3 Å². The summed E-state index contributed by atoms with van der Waals surface area (Å²) >= 11 is 0. The summed E-state index contributed by atoms with van der Waals surface area (Å²) < 4.78 is 5.69. The molecule has 0 bridgehead atoms. The number of H-pyrrole nitrogens is 1. The van der Waals surface area contributed by atoms with Crippen molar-refractivity contribution >= 4 is 23.0 Å². The zero-order valence-corrected chi connectivity index (χ0v) is 15.2. The van der Waals surface area contributed by atoms with Crippen molar-refractivity contribution in [2.45, 2.75) is 26.2 Å². The van der Waals surface area contributed by atoms with Gasteiger partial charge in [0.25, 0.3) is 5.91 Å². The Morgan fingerprint density at radius 3 is 2.69 bits per heavy atom. The molecule has 134 valence electrons. The Bertz CT molecular complexity index is 936. The molecule has 1 aromatic heterocycles. The van der Waals surface area contributed by atoms with Gasteiger partial charge < -0.3 is 9.72 Å². The first-order valence-corrected chi connectivity index (χ1v) is 8.55. The molecular formula is C21H23N3O2. The summed E-state index contributed by atoms with van der Waals surface area (Å²) in [6.07, 6.45) is 3.48. The highest BCUT2D eigenvalue weighted by atomic mass is 16.5. The van der Waals surface area contributed by atoms with E-state index in [1.807, 2.05) is 54.7 Å². The van der Waals surface area contributed by atoms with Crippen LogP contribution in [0.25, 0.3) is 10.9 Å². The van der Waals surface area contributed by atoms with E-state index in [0.717, 1.165) is 27.8 Å². The number of hydrazone groups is 1. The van der Waals surface area contributed by atoms with E-state index in [9.17, 15) is 4.79 Å². The van der Waals surface area contributed by atoms with Gasteiger partial charge in [0, 0.05) is 22.7 Å². The minimum absolute atomic E-state index is 0.0550. The highest BCUT2D eigenvalue weighted by Crippen LogP contribution is 2.30. The minimum atomic E-state index is -0.301. The number of ether oxygens (including phenoxy) is 1. The zero-order chi connectivity index (χ0) is 18.6. The van der Waals surface area contributed by atoms with Gasteiger partial charge in [0.05, 0.1) is 6.21 Å². The first-order chi connectivity index (χ1) is 12.4. The number of aromatic nitrogens is 1. The van der Waals surface area contributed by atoms with Gasteiger partial charge in [-0.05, 0) is 23.1 Å². The van der Waals surface area contributed by atoms with Crippen LogP contribution in [0.2, 0.25) is 0 Å². The molecule has 3 rings (SSSR count). The van der Waals surface area contributed by atoms with Crippen molar-refractivity contribution in [1.29, 1.82) is 0 Å². The number of nitrogens with zero attached hydrogens (tertiary/aromatic N) is 1. The first kappa shape index (κ1) is 17.7. The standard InChI is InChI=1S/C21H23N3O2/c1-21(2,3)17-9-5-7-11-19(17)26-14-20(25)24-23-13-15-12-22-18-10-6-4-8-16(15)18/h4-13,22H,14H2,1-3H3,(H,24,25)/b23-13-. The van der Waals surface area contributed by atoms with Gasteiger partial charge in [-0.2, -0.15) is 5.10 Å². The second-order valence-corrected chi connectivity index (χ2v) is 7.12. The maximum atomic E-state index is 12.0. The van der Waals surface area contributed by atoms with Crippen LogP contribution in [0.1, 0.15) is 31.9 Å². The number of fused-ring (bicyclic) bond motifs is 1. The fourth-order valence-electron chi connectivity index (χ4n) is 2.76. The van der Waals surface area contributed by atoms with E-state index in [1.165, 1.54) is 0 Å². The molecule has 2 aromatic carbocycles. The summed E-state index contributed by atoms with van der Waals surface area (Å²) in [6, 6.07) is 15.7. The molecule has 0 atom stereocenters. The number of nitrogens with one attached hydrogen (secondary N) is 2. The molecule has 0 saturated heterocycles. The fourth-order valence-corrected chi connectivity index (χ4v) is 2.76. The average Bonchev–Trinajstić information content (AvgIpc) is 3.03. The van der Waals surface area contributed by atoms with Gasteiger partial charge in [0.15, 0.2) is 6.61 Å². The third kappa shape index (κ3) is 4.11. The quantitative estimate of drug-likeness (QED) is 0.540. The summed E-state index contributed by atoms with van der Waals surface area (Å²) in [5, 5.41) is 5.08. The molecule has 0 fully saturated rings. The van der Waals surface area contributed by atoms with Crippen molar-refractivity contribution in [3.05, 3.63) is 65.9 Å². The van der Waals surface area contributed by atoms with Gasteiger partial charge in [0.1, 0.15) is 5.75 Å². The molecule has 0 spiro atoms. The summed E-state index contributed by atoms with van der Waals surface area (Å²) in [6.45, 7) is 6.25. The third-order valence-corrected chi connectivity index (χ3v) is 4.07. The van der Waals surface area contributed by atoms with E-state index in [1.54, 1.807) is 6.21 Å². The number of benzene rings is 2. The van der Waals surface area contributed by atoms with Crippen LogP contribution in [0, 0.1) is 0 Å². The predicted octanol–water partition coefficient (Wildman–Crippen LogP) is 3.99. The number of hydrogen-bond donors (Lipinski definition) is 2. The van der Waals surface area contributed by atoms with Gasteiger partial charge in [-0.1, -0.05) is 57.2 Å². The molecule has 2 N–H and O–H groups in total. The molecular weight excluding hydrogens is 326 g/mol. The smallest absolute Gasteiger partial charge is 0.277 e. The third-order valence-electron chi connectivity index (χ3n) is 4.07. The number of carbonyl (C=O) groups excluding carboxylic acids is 1. The highest BCUT2D eigenvalue weighted by Gasteiger charge is 2.18. The van der Waals surface area contributed by atoms with Crippen LogP contribution < -0.4 is 10.2 Å². The van der Waals surface area contributed by atoms with Crippen molar-refractivity contribution in [1.82, 2.24) is 10.4 Å². The topological polar surface area (TPSA) is 66.5 Å². The lowest BCUT2D eigenvalue weighted by Gasteiger charge is -2.22. The van der Waals surface area contributed by atoms with Crippen LogP contribution in [0.4, 0.5) is 0 Å². The van der Waals surface area contributed by atoms with Crippen molar-refractivity contribution in [2.24, 2.45) is 5.10 Å². The average molecular weight is 349 g/mol. The highest BCUT2D eigenvalue weighted by molar-refractivity contribution is 5.99. The first-order valence-electron chi connectivity index (χ1n) is 8.55. The summed E-state index contributed by atoms with van der Waals surface area (Å²) in [7, 11) is 0. The van der Waals surface area contributed by atoms with Crippen LogP contribution in [-0.4, -0.2) is 23.7 Å². The minimum Gasteiger partial charge on any atom is -0.483 e. The van der Waals surface area contributed by atoms with Gasteiger partial charge in [0.2, 0.25) is 0 Å². The molecule has 0 radical (unpaired) electrons. The molecule has 3 aromatic rings. The molecule has 0 aliphatic rings. The number of para-hydroxylation sites is 2. The molecule has 1 heterocycles. The van der Waals surface area contributed by atoms with Gasteiger partial charge in [-0.25, -0.2) is 5.43 Å². The monoisotopic (exact) mass is 349 g/mol. The second kappa shape index (κ2) is 7.44. The van der Waals surface area contributed by atoms with E-state index in [0.29, 0.717) is 0 Å². The molecule has 0 aliphatic heterocycles. The normalized spacial score (nSPS) is 11.8. The van der Waals surface area contributed by atoms with Crippen LogP contribution in [-0.2, 0) is 10.2 Å². The van der Waals surface area contributed by atoms with Crippen molar-refractivity contribution in [3.63, 3.8) is 0 Å². The maximum absolute atomic E-state index is 12.0. The van der Waals surface area contributed by atoms with Gasteiger partial charge in [-0.3, -0.25) is 4.79 Å². The number of aromatic amines is 1. The zero-order valence-electron chi connectivity index (χ0n) is 15.2. The molecule has 5 nitrogen and oxygen atoms in total. The maximum Gasteiger partial charge on any atom is 0.277 e. The Hall–Kier alpha value is -3.08. The largest absolute Gasteiger partial charge is 0.483 e. The Labute approximate surface area is 153 Å². The molecule has 1 amide bonds. The Balaban J connectivity index is 1.59. The summed E-state index contributed by atoms with van der Waals surface area (Å²) in [5.74, 6) is 0.417. The van der Waals surface area contributed by atoms with E-state index in [4.69, 9.17) is 4.74 Å². The lowest BCUT2D eigenvalue weighted by molar-refractivity contribution is -0.123. The van der Waals surface area contributed by atoms with E-state index >= 15 is 0 Å². The fraction of sp³-hybridized carbons (Fsp3) is 0.238. The van der Waals surface area contributed by atoms with E-state index in [-0.39, 0.29) is 17.9 Å². The van der Waals surface area contributed by atoms with Crippen molar-refractivity contribution in [2.75, 3.05) is 6.61 Å². The SMILES string of the molecule is CC(C)(C)c1ccccc1OCC(=O)N/N=C\c1c[nH]c2ccccc12. The molecule has 26 heavy (non-hydrogen) atoms. The number of rotatable bonds is 5. The van der Waals surface area contributed by atoms with Gasteiger partial charge >= 0.3 is 0 Å². The Morgan fingerprint density at radius 2 is 1.88 bits per heavy atom. The van der Waals surface area contributed by atoms with Gasteiger partial charge in [-0.15, -0.1) is 0 Å². The lowest BCUT2D eigenvalue weighted by atomic mass is 9.86. The van der Waals surface area contributed by atoms with Crippen molar-refractivity contribution < 1.29 is 9.53 Å². The lowest BCUT2D eigenvalue weighted by Crippen LogP contribution is -2.25. The molecule has 5 heteroatoms. The number of hydrogen-bond acceptors (Lipinski definition) is 3. The molecule has 0 unspecified atom stereocenters. The van der Waals surface area contributed by atoms with Crippen LogP contribution in [0.5, 0.6) is 5.75 Å². The van der Waals surface area contributed by atoms with Crippen LogP contribution >= 0.6 is 0 Å². The summed E-state index contributed by atoms with van der Waals surface area (Å²) in [5.41, 5.74) is 5.46. The Morgan fingerprint density at radius 1 is 1.15 bits per heavy atom. The molecule has 0 aliphatic carbocycles. The van der Waals surface area contributed by atoms with Crippen molar-refractivity contribution in [3.8, 4) is 5.75 Å².